The Morgan fingerprint density at radius 2 is 0.397 bits per heavy atom. The van der Waals surface area contributed by atoms with Crippen molar-refractivity contribution in [2.24, 2.45) is 0 Å². The summed E-state index contributed by atoms with van der Waals surface area (Å²) in [7, 11) is -22.8. The maximum Gasteiger partial charge on any atom is 1.00 e. The minimum absolute atomic E-state index is 0. The summed E-state index contributed by atoms with van der Waals surface area (Å²) < 4.78 is 190. The van der Waals surface area contributed by atoms with E-state index in [1.807, 2.05) is 69.2 Å². The molecule has 34 nitrogen and oxygen atoms in total. The molecule has 0 aliphatic rings. The largest absolute Gasteiger partial charge is 1.00 e. The van der Waals surface area contributed by atoms with Crippen LogP contribution in [0.4, 0.5) is 28.4 Å². The number of unbranched alkanes of at least 4 members (excludes halogenated alkanes) is 4. The number of ether oxygens (including phenoxy) is 4. The van der Waals surface area contributed by atoms with Crippen LogP contribution in [0.3, 0.4) is 0 Å². The predicted molar refractivity (Wildman–Crippen MR) is 458 cm³/mol. The predicted octanol–water partition coefficient (Wildman–Crippen LogP) is -8.66. The summed E-state index contributed by atoms with van der Waals surface area (Å²) in [5.41, 5.74) is 2.31. The second-order valence-corrected chi connectivity index (χ2v) is 35.9. The number of hydrogen-bond donors (Lipinski definition) is 10. The van der Waals surface area contributed by atoms with E-state index < -0.39 is 112 Å². The van der Waals surface area contributed by atoms with E-state index in [0.29, 0.717) is 93.4 Å². The van der Waals surface area contributed by atoms with Crippen LogP contribution in [-0.4, -0.2) is 295 Å². The van der Waals surface area contributed by atoms with Gasteiger partial charge in [0.15, 0.2) is 0 Å². The summed E-state index contributed by atoms with van der Waals surface area (Å²) in [6.45, 7) is 23.9. The third-order valence-electron chi connectivity index (χ3n) is 18.3. The van der Waals surface area contributed by atoms with Crippen molar-refractivity contribution in [3.63, 3.8) is 0 Å². The van der Waals surface area contributed by atoms with Crippen molar-refractivity contribution in [1.82, 2.24) is 0 Å². The first-order chi connectivity index (χ1) is 56.9. The summed E-state index contributed by atoms with van der Waals surface area (Å²) in [6.07, 6.45) is 3.85. The molecule has 0 bridgehead atoms. The van der Waals surface area contributed by atoms with Gasteiger partial charge in [0.25, 0.3) is 0 Å². The van der Waals surface area contributed by atoms with Gasteiger partial charge in [-0.15, -0.1) is 0 Å². The van der Waals surface area contributed by atoms with Crippen molar-refractivity contribution >= 4 is 79.0 Å². The van der Waals surface area contributed by atoms with Gasteiger partial charge in [0.2, 0.25) is 0 Å². The number of aliphatic hydroxyl groups excluding tert-OH is 10. The fourth-order valence-electron chi connectivity index (χ4n) is 11.0. The molecule has 0 heterocycles. The molecule has 0 aliphatic carbocycles. The third-order valence-corrected chi connectivity index (χ3v) is 22.5. The van der Waals surface area contributed by atoms with Crippen LogP contribution in [0.2, 0.25) is 0 Å². The number of benzene rings is 5. The minimum Gasteiger partial charge on any atom is -0.744 e. The smallest absolute Gasteiger partial charge is 0.744 e. The zero-order valence-corrected chi connectivity index (χ0v) is 87.7. The topological polar surface area (TPSA) is 541 Å². The molecule has 0 aromatic heterocycles. The standard InChI is InChI=1S/2C20H35NO7S.3C14H23NO5S.K.2Li.2Na/c2*1-3-5-10-27-15-18(22)13-21(14-19(23)16-28-11-6-4-2)17-8-7-9-20(12-17)29(24,25)26;3*1-3-12(16)9-15(10-13(17)4-2)11-6-5-7-14(8-11)21(18,19)20;;;;;/h2*7-9,12,18-19,22-23H,3-6,10-11,13-16H2,1-2H3,(H,24,25,26);3*5-8,12-13,16-17H,3-4,9-10H2,1-2H3,(H,18,19,20);;;;;/q;;;;;5*+1/p-5. The number of hydrogen-bond acceptors (Lipinski definition) is 34. The second kappa shape index (κ2) is 73.2. The van der Waals surface area contributed by atoms with Gasteiger partial charge in [-0.3, -0.25) is 0 Å². The Labute approximate surface area is 860 Å². The third kappa shape index (κ3) is 59.7. The van der Waals surface area contributed by atoms with E-state index in [1.54, 1.807) is 54.8 Å². The van der Waals surface area contributed by atoms with E-state index in [2.05, 4.69) is 0 Å². The van der Waals surface area contributed by atoms with Crippen molar-refractivity contribution in [1.29, 1.82) is 0 Å². The molecular weight excluding hydrogens is 1780 g/mol. The van der Waals surface area contributed by atoms with E-state index in [4.69, 9.17) is 18.9 Å². The van der Waals surface area contributed by atoms with Gasteiger partial charge in [0.05, 0.1) is 112 Å². The summed E-state index contributed by atoms with van der Waals surface area (Å²) >= 11 is 0. The molecule has 0 aliphatic heterocycles. The van der Waals surface area contributed by atoms with Crippen LogP contribution < -0.4 is 173 Å². The van der Waals surface area contributed by atoms with Gasteiger partial charge in [-0.05, 0) is 155 Å². The maximum atomic E-state index is 11.3. The molecule has 0 fully saturated rings. The molecule has 5 aromatic carbocycles. The average Bonchev–Trinajstić information content (AvgIpc) is 0.855. The maximum absolute atomic E-state index is 11.3. The molecule has 126 heavy (non-hydrogen) atoms. The van der Waals surface area contributed by atoms with Gasteiger partial charge < -0.3 is 117 Å². The van der Waals surface area contributed by atoms with E-state index in [-0.39, 0.29) is 265 Å². The SMILES string of the molecule is CCC(O)CN(CC(O)CC)c1cccc(S(=O)(=O)[O-])c1.CCC(O)CN(CC(O)CC)c1cccc(S(=O)(=O)[O-])c1.CCC(O)CN(CC(O)CC)c1cccc(S(=O)(=O)[O-])c1.CCCCOCC(O)CN(CC(O)COCCCC)c1cccc(S(=O)(=O)[O-])c1.CCCCOCC(O)CN(CC(O)COCCCC)c1cccc(S(=O)(=O)[O-])c1.[K+].[Li+].[Li+].[Na+].[Na+]. The molecule has 0 saturated carbocycles. The van der Waals surface area contributed by atoms with Gasteiger partial charge in [0.1, 0.15) is 50.6 Å². The molecule has 5 aromatic rings. The number of aliphatic hydroxyl groups is 10. The van der Waals surface area contributed by atoms with Crippen molar-refractivity contribution in [2.75, 3.05) is 143 Å². The normalized spacial score (nSPS) is 13.8. The first-order valence-electron chi connectivity index (χ1n) is 41.0. The zero-order valence-electron chi connectivity index (χ0n) is 76.5. The Balaban J connectivity index is -0.000000483. The molecule has 44 heteroatoms. The van der Waals surface area contributed by atoms with Crippen molar-refractivity contribution in [2.45, 2.75) is 245 Å². The van der Waals surface area contributed by atoms with Crippen LogP contribution in [0.15, 0.2) is 146 Å². The Kier molecular flexibility index (Phi) is 77.5. The molecule has 696 valence electrons. The van der Waals surface area contributed by atoms with Crippen molar-refractivity contribution < 1.29 is 283 Å². The Hall–Kier alpha value is -1.08. The first-order valence-corrected chi connectivity index (χ1v) is 48.1. The molecule has 0 spiro atoms. The van der Waals surface area contributed by atoms with Gasteiger partial charge in [-0.2, -0.15) is 0 Å². The first kappa shape index (κ1) is 133. The summed E-state index contributed by atoms with van der Waals surface area (Å²) in [6, 6.07) is 28.0. The summed E-state index contributed by atoms with van der Waals surface area (Å²) in [5.74, 6) is 0. The molecule has 5 rings (SSSR count). The van der Waals surface area contributed by atoms with Gasteiger partial charge in [-0.25, -0.2) is 42.1 Å². The molecule has 0 saturated heterocycles. The van der Waals surface area contributed by atoms with Crippen LogP contribution in [0.1, 0.15) is 159 Å². The number of rotatable bonds is 56. The number of nitrogens with zero attached hydrogens (tertiary/aromatic N) is 5. The number of anilines is 5. The quantitative estimate of drug-likeness (QED) is 0.00982. The Bertz CT molecular complexity index is 3810. The van der Waals surface area contributed by atoms with E-state index in [9.17, 15) is 116 Å². The Morgan fingerprint density at radius 1 is 0.262 bits per heavy atom. The second-order valence-electron chi connectivity index (χ2n) is 29.0. The van der Waals surface area contributed by atoms with Crippen LogP contribution in [-0.2, 0) is 69.5 Å². The monoisotopic (exact) mass is 1910 g/mol. The van der Waals surface area contributed by atoms with Crippen LogP contribution in [0.25, 0.3) is 0 Å². The van der Waals surface area contributed by atoms with Crippen molar-refractivity contribution in [3.05, 3.63) is 121 Å². The molecule has 10 unspecified atom stereocenters. The van der Waals surface area contributed by atoms with Crippen molar-refractivity contribution in [3.8, 4) is 0 Å². The fourth-order valence-corrected chi connectivity index (χ4v) is 13.5. The summed E-state index contributed by atoms with van der Waals surface area (Å²) in [4.78, 5) is 6.67. The fraction of sp³-hybridized carbons (Fsp3) is 0.634. The summed E-state index contributed by atoms with van der Waals surface area (Å²) in [5, 5.41) is 100. The van der Waals surface area contributed by atoms with E-state index in [0.717, 1.165) is 51.4 Å². The van der Waals surface area contributed by atoms with E-state index >= 15 is 0 Å². The molecule has 10 atom stereocenters. The van der Waals surface area contributed by atoms with Gasteiger partial charge in [0, 0.05) is 120 Å². The molecular formula is C82H134KLi2N5Na2O29S5. The molecule has 0 amide bonds. The Morgan fingerprint density at radius 3 is 0.516 bits per heavy atom. The van der Waals surface area contributed by atoms with Gasteiger partial charge >= 0.3 is 148 Å². The van der Waals surface area contributed by atoms with Crippen LogP contribution in [0.5, 0.6) is 0 Å². The molecule has 10 N–H and O–H groups in total. The van der Waals surface area contributed by atoms with Gasteiger partial charge in [-0.1, -0.05) is 125 Å². The molecule has 0 radical (unpaired) electrons. The average molecular weight is 1910 g/mol. The van der Waals surface area contributed by atoms with E-state index in [1.165, 1.54) is 91.0 Å². The van der Waals surface area contributed by atoms with Crippen LogP contribution in [0, 0.1) is 0 Å². The van der Waals surface area contributed by atoms with Crippen LogP contribution >= 0.6 is 0 Å². The zero-order chi connectivity index (χ0) is 91.5. The minimum atomic E-state index is -4.61.